The summed E-state index contributed by atoms with van der Waals surface area (Å²) in [6.45, 7) is 2.08. The molecule has 0 saturated heterocycles. The first-order chi connectivity index (χ1) is 6.25. The molecule has 0 bridgehead atoms. The molecule has 2 nitrogen and oxygen atoms in total. The molecule has 68 valence electrons. The van der Waals surface area contributed by atoms with E-state index in [1.807, 2.05) is 24.3 Å². The average Bonchev–Trinajstić information content (AvgIpc) is 2.20. The van der Waals surface area contributed by atoms with Gasteiger partial charge in [-0.1, -0.05) is 19.1 Å². The van der Waals surface area contributed by atoms with Crippen LogP contribution in [0.15, 0.2) is 29.2 Å². The molecule has 1 heterocycles. The van der Waals surface area contributed by atoms with Crippen molar-refractivity contribution < 1.29 is 4.79 Å². The summed E-state index contributed by atoms with van der Waals surface area (Å²) < 4.78 is 0. The number of benzene rings is 1. The van der Waals surface area contributed by atoms with Crippen LogP contribution in [0, 0.1) is 0 Å². The first-order valence-electron chi connectivity index (χ1n) is 4.31. The molecule has 1 N–H and O–H groups in total. The molecule has 0 unspecified atom stereocenters. The van der Waals surface area contributed by atoms with Gasteiger partial charge >= 0.3 is 0 Å². The van der Waals surface area contributed by atoms with Gasteiger partial charge in [0.25, 0.3) is 0 Å². The van der Waals surface area contributed by atoms with Crippen LogP contribution < -0.4 is 5.32 Å². The maximum atomic E-state index is 11.3. The normalized spacial score (nSPS) is 21.6. The van der Waals surface area contributed by atoms with Gasteiger partial charge in [-0.15, -0.1) is 11.8 Å². The summed E-state index contributed by atoms with van der Waals surface area (Å²) in [4.78, 5) is 12.5. The lowest BCUT2D eigenvalue weighted by atomic mass is 10.3. The van der Waals surface area contributed by atoms with Crippen LogP contribution in [0.1, 0.15) is 13.3 Å². The zero-order chi connectivity index (χ0) is 9.26. The highest BCUT2D eigenvalue weighted by atomic mass is 32.2. The van der Waals surface area contributed by atoms with Crippen LogP contribution in [-0.2, 0) is 4.79 Å². The second-order valence-corrected chi connectivity index (χ2v) is 4.66. The van der Waals surface area contributed by atoms with Crippen molar-refractivity contribution in [2.45, 2.75) is 23.5 Å². The highest BCUT2D eigenvalue weighted by Gasteiger charge is 2.17. The minimum atomic E-state index is 0.116. The Hall–Kier alpha value is -0.960. The van der Waals surface area contributed by atoms with Crippen molar-refractivity contribution in [2.24, 2.45) is 0 Å². The Morgan fingerprint density at radius 1 is 1.46 bits per heavy atom. The van der Waals surface area contributed by atoms with Crippen LogP contribution >= 0.6 is 11.8 Å². The maximum Gasteiger partial charge on any atom is 0.225 e. The van der Waals surface area contributed by atoms with Gasteiger partial charge in [0.2, 0.25) is 5.91 Å². The van der Waals surface area contributed by atoms with E-state index in [9.17, 15) is 4.79 Å². The molecule has 1 aromatic rings. The second-order valence-electron chi connectivity index (χ2n) is 3.18. The van der Waals surface area contributed by atoms with Crippen molar-refractivity contribution in [3.8, 4) is 0 Å². The Balaban J connectivity index is 2.38. The molecule has 0 radical (unpaired) electrons. The van der Waals surface area contributed by atoms with E-state index >= 15 is 0 Å². The summed E-state index contributed by atoms with van der Waals surface area (Å²) in [5, 5.41) is 3.26. The topological polar surface area (TPSA) is 29.1 Å². The Kier molecular flexibility index (Phi) is 2.27. The van der Waals surface area contributed by atoms with Crippen LogP contribution in [-0.4, -0.2) is 11.2 Å². The third-order valence-electron chi connectivity index (χ3n) is 1.96. The van der Waals surface area contributed by atoms with Crippen LogP contribution in [0.5, 0.6) is 0 Å². The zero-order valence-electron chi connectivity index (χ0n) is 7.41. The van der Waals surface area contributed by atoms with Gasteiger partial charge < -0.3 is 5.32 Å². The summed E-state index contributed by atoms with van der Waals surface area (Å²) in [7, 11) is 0. The summed E-state index contributed by atoms with van der Waals surface area (Å²) in [5.74, 6) is 0.116. The molecule has 13 heavy (non-hydrogen) atoms. The number of carbonyl (C=O) groups excluding carboxylic acids is 1. The Labute approximate surface area is 81.7 Å². The molecule has 3 heteroatoms. The lowest BCUT2D eigenvalue weighted by Gasteiger charge is -2.05. The number of thioether (sulfide) groups is 1. The Morgan fingerprint density at radius 3 is 3.08 bits per heavy atom. The van der Waals surface area contributed by atoms with Crippen LogP contribution in [0.4, 0.5) is 5.69 Å². The van der Waals surface area contributed by atoms with E-state index in [4.69, 9.17) is 0 Å². The molecule has 1 aliphatic rings. The monoisotopic (exact) mass is 193 g/mol. The van der Waals surface area contributed by atoms with E-state index in [2.05, 4.69) is 12.2 Å². The fourth-order valence-corrected chi connectivity index (χ4v) is 2.46. The van der Waals surface area contributed by atoms with Gasteiger partial charge in [-0.3, -0.25) is 4.79 Å². The number of nitrogens with one attached hydrogen (secondary N) is 1. The van der Waals surface area contributed by atoms with Crippen molar-refractivity contribution in [1.82, 2.24) is 0 Å². The molecule has 1 aliphatic heterocycles. The number of hydrogen-bond donors (Lipinski definition) is 1. The highest BCUT2D eigenvalue weighted by molar-refractivity contribution is 8.00. The first kappa shape index (κ1) is 8.63. The molecule has 0 aromatic heterocycles. The van der Waals surface area contributed by atoms with Crippen molar-refractivity contribution in [3.05, 3.63) is 24.3 Å². The smallest absolute Gasteiger partial charge is 0.225 e. The lowest BCUT2D eigenvalue weighted by Crippen LogP contribution is -2.12. The van der Waals surface area contributed by atoms with Crippen LogP contribution in [0.3, 0.4) is 0 Å². The third-order valence-corrected chi connectivity index (χ3v) is 3.14. The molecule has 1 atom stereocenters. The number of carbonyl (C=O) groups is 1. The standard InChI is InChI=1S/C10H11NOS/c1-7-6-10(12)11-8-4-2-3-5-9(8)13-7/h2-5,7H,6H2,1H3,(H,11,12)/t7-/m0/s1. The molecule has 0 spiro atoms. The summed E-state index contributed by atoms with van der Waals surface area (Å²) in [5.41, 5.74) is 0.946. The number of para-hydroxylation sites is 1. The molecule has 0 fully saturated rings. The summed E-state index contributed by atoms with van der Waals surface area (Å²) in [6.07, 6.45) is 0.597. The molecular formula is C10H11NOS. The molecule has 0 saturated carbocycles. The van der Waals surface area contributed by atoms with Crippen LogP contribution in [0.2, 0.25) is 0 Å². The van der Waals surface area contributed by atoms with Gasteiger partial charge in [-0.2, -0.15) is 0 Å². The first-order valence-corrected chi connectivity index (χ1v) is 5.19. The van der Waals surface area contributed by atoms with E-state index in [0.717, 1.165) is 5.69 Å². The minimum absolute atomic E-state index is 0.116. The third kappa shape index (κ3) is 1.86. The number of rotatable bonds is 0. The fourth-order valence-electron chi connectivity index (χ4n) is 1.39. The van der Waals surface area contributed by atoms with Gasteiger partial charge in [-0.25, -0.2) is 0 Å². The lowest BCUT2D eigenvalue weighted by molar-refractivity contribution is -0.116. The van der Waals surface area contributed by atoms with Gasteiger partial charge in [0.1, 0.15) is 0 Å². The molecule has 2 rings (SSSR count). The highest BCUT2D eigenvalue weighted by Crippen LogP contribution is 2.34. The van der Waals surface area contributed by atoms with Crippen molar-refractivity contribution in [3.63, 3.8) is 0 Å². The number of hydrogen-bond acceptors (Lipinski definition) is 2. The maximum absolute atomic E-state index is 11.3. The number of anilines is 1. The number of amides is 1. The second kappa shape index (κ2) is 3.42. The number of fused-ring (bicyclic) bond motifs is 1. The van der Waals surface area contributed by atoms with E-state index in [1.54, 1.807) is 11.8 Å². The van der Waals surface area contributed by atoms with Crippen molar-refractivity contribution in [1.29, 1.82) is 0 Å². The zero-order valence-corrected chi connectivity index (χ0v) is 8.23. The Bertz CT molecular complexity index is 337. The van der Waals surface area contributed by atoms with E-state index in [0.29, 0.717) is 11.7 Å². The summed E-state index contributed by atoms with van der Waals surface area (Å²) in [6, 6.07) is 7.92. The van der Waals surface area contributed by atoms with Gasteiger partial charge in [0.15, 0.2) is 0 Å². The van der Waals surface area contributed by atoms with Gasteiger partial charge in [0, 0.05) is 16.6 Å². The predicted molar refractivity (Wildman–Crippen MR) is 55.0 cm³/mol. The molecule has 0 aliphatic carbocycles. The minimum Gasteiger partial charge on any atom is -0.325 e. The largest absolute Gasteiger partial charge is 0.325 e. The van der Waals surface area contributed by atoms with E-state index < -0.39 is 0 Å². The van der Waals surface area contributed by atoms with Crippen molar-refractivity contribution in [2.75, 3.05) is 5.32 Å². The quantitative estimate of drug-likeness (QED) is 0.686. The molecule has 1 amide bonds. The van der Waals surface area contributed by atoms with Gasteiger partial charge in [0.05, 0.1) is 5.69 Å². The van der Waals surface area contributed by atoms with Gasteiger partial charge in [-0.05, 0) is 12.1 Å². The summed E-state index contributed by atoms with van der Waals surface area (Å²) >= 11 is 1.75. The predicted octanol–water partition coefficient (Wildman–Crippen LogP) is 2.51. The van der Waals surface area contributed by atoms with Crippen molar-refractivity contribution >= 4 is 23.4 Å². The van der Waals surface area contributed by atoms with E-state index in [-0.39, 0.29) is 5.91 Å². The SMILES string of the molecule is C[C@H]1CC(=O)Nc2ccccc2S1. The van der Waals surface area contributed by atoms with Crippen LogP contribution in [0.25, 0.3) is 0 Å². The molecule has 1 aromatic carbocycles. The van der Waals surface area contributed by atoms with E-state index in [1.165, 1.54) is 4.90 Å². The molecular weight excluding hydrogens is 182 g/mol. The Morgan fingerprint density at radius 2 is 2.23 bits per heavy atom. The average molecular weight is 193 g/mol. The fraction of sp³-hybridized carbons (Fsp3) is 0.300.